The van der Waals surface area contributed by atoms with Gasteiger partial charge in [0.25, 0.3) is 0 Å². The number of halogens is 3. The maximum atomic E-state index is 14.6. The predicted octanol–water partition coefficient (Wildman–Crippen LogP) is 5.55. The van der Waals surface area contributed by atoms with E-state index in [0.717, 1.165) is 49.7 Å². The van der Waals surface area contributed by atoms with Gasteiger partial charge in [0.15, 0.2) is 5.65 Å². The first-order chi connectivity index (χ1) is 19.0. The summed E-state index contributed by atoms with van der Waals surface area (Å²) in [6, 6.07) is 8.37. The lowest BCUT2D eigenvalue weighted by atomic mass is 9.91. The van der Waals surface area contributed by atoms with Gasteiger partial charge in [0.05, 0.1) is 25.9 Å². The van der Waals surface area contributed by atoms with Crippen LogP contribution >= 0.6 is 0 Å². The first-order valence-corrected chi connectivity index (χ1v) is 13.1. The van der Waals surface area contributed by atoms with Gasteiger partial charge in [-0.15, -0.1) is 0 Å². The number of pyridine rings is 1. The molecule has 3 aromatic heterocycles. The van der Waals surface area contributed by atoms with Gasteiger partial charge >= 0.3 is 0 Å². The Morgan fingerprint density at radius 1 is 1.05 bits per heavy atom. The number of anilines is 1. The molecule has 0 bridgehead atoms. The highest BCUT2D eigenvalue weighted by Crippen LogP contribution is 2.38. The molecular weight excluding hydrogens is 505 g/mol. The lowest BCUT2D eigenvalue weighted by Gasteiger charge is -2.31. The first kappa shape index (κ1) is 25.2. The molecule has 5 heterocycles. The summed E-state index contributed by atoms with van der Waals surface area (Å²) in [5.41, 5.74) is 2.80. The highest BCUT2D eigenvalue weighted by Gasteiger charge is 2.36. The van der Waals surface area contributed by atoms with Crippen molar-refractivity contribution in [3.8, 4) is 5.88 Å². The van der Waals surface area contributed by atoms with Crippen LogP contribution in [-0.2, 0) is 0 Å². The molecule has 2 fully saturated rings. The molecule has 0 radical (unpaired) electrons. The van der Waals surface area contributed by atoms with Crippen molar-refractivity contribution in [2.24, 2.45) is 0 Å². The molecule has 0 spiro atoms. The van der Waals surface area contributed by atoms with Gasteiger partial charge in [0.1, 0.15) is 23.6 Å². The van der Waals surface area contributed by atoms with E-state index in [1.165, 1.54) is 5.56 Å². The van der Waals surface area contributed by atoms with Gasteiger partial charge in [-0.3, -0.25) is 0 Å². The largest absolute Gasteiger partial charge is 0.481 e. The van der Waals surface area contributed by atoms with Gasteiger partial charge in [-0.25, -0.2) is 27.7 Å². The SMILES string of the molecule is COc1ccc(C2CCN(/C=C/c3cnn4ccc(N5C[C@@H](F)C[C@@H]5c5cc(F)ccc5F)nc34)CC2)cn1. The Hall–Kier alpha value is -4.08. The van der Waals surface area contributed by atoms with Gasteiger partial charge in [-0.1, -0.05) is 6.07 Å². The van der Waals surface area contributed by atoms with Crippen molar-refractivity contribution >= 4 is 17.5 Å². The molecule has 0 unspecified atom stereocenters. The number of piperidine rings is 1. The summed E-state index contributed by atoms with van der Waals surface area (Å²) < 4.78 is 49.8. The summed E-state index contributed by atoms with van der Waals surface area (Å²) in [5.74, 6) is 0.479. The summed E-state index contributed by atoms with van der Waals surface area (Å²) >= 11 is 0. The van der Waals surface area contributed by atoms with Crippen molar-refractivity contribution in [1.82, 2.24) is 24.5 Å². The molecule has 39 heavy (non-hydrogen) atoms. The van der Waals surface area contributed by atoms with Crippen molar-refractivity contribution in [3.63, 3.8) is 0 Å². The quantitative estimate of drug-likeness (QED) is 0.323. The molecule has 1 aromatic carbocycles. The minimum atomic E-state index is -1.17. The molecule has 2 atom stereocenters. The molecule has 0 amide bonds. The number of likely N-dealkylation sites (tertiary alicyclic amines) is 1. The fourth-order valence-corrected chi connectivity index (χ4v) is 5.58. The number of methoxy groups -OCH3 is 1. The van der Waals surface area contributed by atoms with Crippen LogP contribution in [0.2, 0.25) is 0 Å². The van der Waals surface area contributed by atoms with Crippen LogP contribution in [0.15, 0.2) is 61.2 Å². The molecule has 202 valence electrons. The Labute approximate surface area is 224 Å². The van der Waals surface area contributed by atoms with Crippen LogP contribution < -0.4 is 9.64 Å². The third-order valence-electron chi connectivity index (χ3n) is 7.68. The Morgan fingerprint density at radius 3 is 2.67 bits per heavy atom. The standard InChI is InChI=1S/C29H29F3N6O/c1-39-28-5-2-20(16-33-28)19-6-10-36(11-7-19)12-8-21-17-34-38-13-9-27(35-29(21)38)37-18-23(31)15-26(37)24-14-22(30)3-4-25(24)32/h2-5,8-9,12-14,16-17,19,23,26H,6-7,10-11,15,18H2,1H3/b12-8+/t23-,26+/m0/s1. The van der Waals surface area contributed by atoms with Crippen LogP contribution in [0.5, 0.6) is 5.88 Å². The maximum Gasteiger partial charge on any atom is 0.212 e. The minimum absolute atomic E-state index is 0.0573. The second kappa shape index (κ2) is 10.6. The van der Waals surface area contributed by atoms with E-state index in [2.05, 4.69) is 27.2 Å². The summed E-state index contributed by atoms with van der Waals surface area (Å²) in [5, 5.41) is 4.40. The van der Waals surface area contributed by atoms with Crippen LogP contribution in [0.4, 0.5) is 19.0 Å². The molecule has 0 aliphatic carbocycles. The molecule has 0 saturated carbocycles. The number of nitrogens with zero attached hydrogens (tertiary/aromatic N) is 6. The Balaban J connectivity index is 1.18. The maximum absolute atomic E-state index is 14.6. The lowest BCUT2D eigenvalue weighted by molar-refractivity contribution is 0.285. The molecule has 0 N–H and O–H groups in total. The highest BCUT2D eigenvalue weighted by molar-refractivity contribution is 5.66. The summed E-state index contributed by atoms with van der Waals surface area (Å²) in [6.45, 7) is 1.89. The van der Waals surface area contributed by atoms with E-state index in [0.29, 0.717) is 23.3 Å². The van der Waals surface area contributed by atoms with E-state index in [1.54, 1.807) is 35.0 Å². The van der Waals surface area contributed by atoms with Gasteiger partial charge in [-0.05, 0) is 60.9 Å². The topological polar surface area (TPSA) is 58.8 Å². The van der Waals surface area contributed by atoms with Crippen molar-refractivity contribution in [2.45, 2.75) is 37.4 Å². The number of aromatic nitrogens is 4. The Morgan fingerprint density at radius 2 is 1.90 bits per heavy atom. The second-order valence-corrected chi connectivity index (χ2v) is 10.1. The molecule has 2 saturated heterocycles. The number of fused-ring (bicyclic) bond motifs is 1. The fraction of sp³-hybridized carbons (Fsp3) is 0.345. The summed E-state index contributed by atoms with van der Waals surface area (Å²) in [4.78, 5) is 13.1. The number of ether oxygens (including phenoxy) is 1. The molecule has 2 aliphatic rings. The minimum Gasteiger partial charge on any atom is -0.481 e. The third kappa shape index (κ3) is 5.15. The fourth-order valence-electron chi connectivity index (χ4n) is 5.58. The van der Waals surface area contributed by atoms with E-state index in [1.807, 2.05) is 18.3 Å². The number of benzene rings is 1. The van der Waals surface area contributed by atoms with E-state index >= 15 is 0 Å². The van der Waals surface area contributed by atoms with Crippen molar-refractivity contribution < 1.29 is 17.9 Å². The van der Waals surface area contributed by atoms with E-state index in [9.17, 15) is 13.2 Å². The van der Waals surface area contributed by atoms with Crippen LogP contribution in [0, 0.1) is 11.6 Å². The van der Waals surface area contributed by atoms with Crippen LogP contribution in [0.1, 0.15) is 47.9 Å². The van der Waals surface area contributed by atoms with Gasteiger partial charge in [0.2, 0.25) is 5.88 Å². The Bertz CT molecular complexity index is 1480. The number of hydrogen-bond acceptors (Lipinski definition) is 6. The van der Waals surface area contributed by atoms with Crippen LogP contribution in [0.3, 0.4) is 0 Å². The number of alkyl halides is 1. The van der Waals surface area contributed by atoms with Crippen LogP contribution in [-0.4, -0.2) is 57.4 Å². The summed E-state index contributed by atoms with van der Waals surface area (Å²) in [7, 11) is 1.61. The molecule has 7 nitrogen and oxygen atoms in total. The zero-order valence-electron chi connectivity index (χ0n) is 21.6. The normalized spacial score (nSPS) is 20.4. The summed E-state index contributed by atoms with van der Waals surface area (Å²) in [6.07, 6.45) is 10.4. The first-order valence-electron chi connectivity index (χ1n) is 13.1. The van der Waals surface area contributed by atoms with E-state index in [4.69, 9.17) is 9.72 Å². The van der Waals surface area contributed by atoms with Gasteiger partial charge < -0.3 is 14.5 Å². The monoisotopic (exact) mass is 534 g/mol. The Kier molecular flexibility index (Phi) is 6.85. The zero-order chi connectivity index (χ0) is 26.9. The van der Waals surface area contributed by atoms with Crippen molar-refractivity contribution in [2.75, 3.05) is 31.6 Å². The third-order valence-corrected chi connectivity index (χ3v) is 7.68. The van der Waals surface area contributed by atoms with Crippen molar-refractivity contribution in [1.29, 1.82) is 0 Å². The smallest absolute Gasteiger partial charge is 0.212 e. The number of rotatable bonds is 6. The molecular formula is C29H29F3N6O. The van der Waals surface area contributed by atoms with Crippen molar-refractivity contribution in [3.05, 3.63) is 89.5 Å². The lowest BCUT2D eigenvalue weighted by Crippen LogP contribution is -2.28. The van der Waals surface area contributed by atoms with E-state index in [-0.39, 0.29) is 18.5 Å². The van der Waals surface area contributed by atoms with Crippen LogP contribution in [0.25, 0.3) is 11.7 Å². The molecule has 6 rings (SSSR count). The predicted molar refractivity (Wildman–Crippen MR) is 142 cm³/mol. The number of hydrogen-bond donors (Lipinski definition) is 0. The molecule has 4 aromatic rings. The van der Waals surface area contributed by atoms with E-state index < -0.39 is 23.8 Å². The molecule has 10 heteroatoms. The zero-order valence-corrected chi connectivity index (χ0v) is 21.6. The molecule has 2 aliphatic heterocycles. The average molecular weight is 535 g/mol. The highest BCUT2D eigenvalue weighted by atomic mass is 19.1. The van der Waals surface area contributed by atoms with Gasteiger partial charge in [0, 0.05) is 49.1 Å². The van der Waals surface area contributed by atoms with Gasteiger partial charge in [-0.2, -0.15) is 5.10 Å². The average Bonchev–Trinajstić information content (AvgIpc) is 3.56. The second-order valence-electron chi connectivity index (χ2n) is 10.1.